The number of rotatable bonds is 5. The number of hydrogen-bond acceptors (Lipinski definition) is 3. The number of aryl methyl sites for hydroxylation is 1. The fraction of sp³-hybridized carbons (Fsp3) is 0.882. The van der Waals surface area contributed by atoms with Crippen LogP contribution in [0.5, 0.6) is 0 Å². The molecule has 21 heavy (non-hydrogen) atoms. The van der Waals surface area contributed by atoms with Crippen LogP contribution in [0, 0.1) is 17.3 Å². The van der Waals surface area contributed by atoms with E-state index in [4.69, 9.17) is 0 Å². The third kappa shape index (κ3) is 3.85. The van der Waals surface area contributed by atoms with Crippen molar-refractivity contribution in [3.8, 4) is 0 Å². The average Bonchev–Trinajstić information content (AvgIpc) is 2.88. The molecule has 1 fully saturated rings. The molecule has 0 radical (unpaired) electrons. The summed E-state index contributed by atoms with van der Waals surface area (Å²) in [6, 6.07) is 0.396. The Balaban J connectivity index is 2.04. The zero-order chi connectivity index (χ0) is 15.5. The van der Waals surface area contributed by atoms with Gasteiger partial charge >= 0.3 is 0 Å². The van der Waals surface area contributed by atoms with E-state index in [1.807, 2.05) is 6.20 Å². The topological polar surface area (TPSA) is 42.7 Å². The van der Waals surface area contributed by atoms with Gasteiger partial charge in [-0.3, -0.25) is 0 Å². The molecule has 120 valence electrons. The smallest absolute Gasteiger partial charge is 0.0759 e. The second-order valence-corrected chi connectivity index (χ2v) is 7.63. The van der Waals surface area contributed by atoms with Crippen LogP contribution >= 0.6 is 0 Å². The lowest BCUT2D eigenvalue weighted by Crippen LogP contribution is -2.33. The van der Waals surface area contributed by atoms with Gasteiger partial charge in [0.1, 0.15) is 0 Å². The summed E-state index contributed by atoms with van der Waals surface area (Å²) < 4.78 is 2.08. The van der Waals surface area contributed by atoms with Crippen molar-refractivity contribution in [2.24, 2.45) is 17.3 Å². The van der Waals surface area contributed by atoms with E-state index in [0.29, 0.717) is 17.4 Å². The Hall–Kier alpha value is -0.900. The van der Waals surface area contributed by atoms with Gasteiger partial charge in [-0.15, -0.1) is 5.10 Å². The summed E-state index contributed by atoms with van der Waals surface area (Å²) >= 11 is 0. The standard InChI is InChI=1S/C17H32N4/c1-6-11-21-15(12-19-20-21)16(18-5)13-7-9-14(10-8-13)17(2,3)4/h12-14,16,18H,6-11H2,1-5H3. The van der Waals surface area contributed by atoms with Crippen molar-refractivity contribution >= 4 is 0 Å². The summed E-state index contributed by atoms with van der Waals surface area (Å²) in [5, 5.41) is 11.9. The van der Waals surface area contributed by atoms with Gasteiger partial charge in [0.15, 0.2) is 0 Å². The Morgan fingerprint density at radius 2 is 1.95 bits per heavy atom. The van der Waals surface area contributed by atoms with Crippen LogP contribution in [0.3, 0.4) is 0 Å². The van der Waals surface area contributed by atoms with E-state index in [1.54, 1.807) is 0 Å². The third-order valence-corrected chi connectivity index (χ3v) is 5.18. The molecule has 1 aliphatic carbocycles. The van der Waals surface area contributed by atoms with Crippen LogP contribution in [0.15, 0.2) is 6.20 Å². The first kappa shape index (κ1) is 16.5. The summed E-state index contributed by atoms with van der Waals surface area (Å²) in [6.45, 7) is 10.3. The van der Waals surface area contributed by atoms with Crippen LogP contribution in [-0.2, 0) is 6.54 Å². The van der Waals surface area contributed by atoms with E-state index in [2.05, 4.69) is 55.1 Å². The van der Waals surface area contributed by atoms with Crippen LogP contribution in [0.2, 0.25) is 0 Å². The van der Waals surface area contributed by atoms with E-state index in [9.17, 15) is 0 Å². The van der Waals surface area contributed by atoms with Gasteiger partial charge in [-0.1, -0.05) is 32.9 Å². The molecule has 1 aromatic rings. The minimum absolute atomic E-state index is 0.396. The summed E-state index contributed by atoms with van der Waals surface area (Å²) in [4.78, 5) is 0. The second kappa shape index (κ2) is 6.91. The SMILES string of the molecule is CCCn1nncc1C(NC)C1CCC(C(C)(C)C)CC1. The highest BCUT2D eigenvalue weighted by Gasteiger charge is 2.34. The van der Waals surface area contributed by atoms with Gasteiger partial charge in [-0.2, -0.15) is 0 Å². The summed E-state index contributed by atoms with van der Waals surface area (Å²) in [5.41, 5.74) is 1.71. The Morgan fingerprint density at radius 1 is 1.29 bits per heavy atom. The molecule has 4 nitrogen and oxygen atoms in total. The molecule has 1 unspecified atom stereocenters. The molecule has 1 aliphatic rings. The van der Waals surface area contributed by atoms with Crippen LogP contribution in [-0.4, -0.2) is 22.0 Å². The maximum Gasteiger partial charge on any atom is 0.0759 e. The first-order valence-electron chi connectivity index (χ1n) is 8.53. The first-order valence-corrected chi connectivity index (χ1v) is 8.53. The van der Waals surface area contributed by atoms with Gasteiger partial charge in [0.25, 0.3) is 0 Å². The van der Waals surface area contributed by atoms with Crippen molar-refractivity contribution in [1.29, 1.82) is 0 Å². The fourth-order valence-corrected chi connectivity index (χ4v) is 3.84. The predicted octanol–water partition coefficient (Wildman–Crippen LogP) is 3.80. The van der Waals surface area contributed by atoms with Crippen LogP contribution < -0.4 is 5.32 Å². The third-order valence-electron chi connectivity index (χ3n) is 5.18. The lowest BCUT2D eigenvalue weighted by atomic mass is 9.68. The van der Waals surface area contributed by atoms with E-state index >= 15 is 0 Å². The number of nitrogens with zero attached hydrogens (tertiary/aromatic N) is 3. The molecule has 4 heteroatoms. The molecule has 0 aliphatic heterocycles. The van der Waals surface area contributed by atoms with Crippen LogP contribution in [0.4, 0.5) is 0 Å². The number of aromatic nitrogens is 3. The molecule has 0 bridgehead atoms. The molecule has 2 rings (SSSR count). The lowest BCUT2D eigenvalue weighted by molar-refractivity contribution is 0.132. The Kier molecular flexibility index (Phi) is 5.42. The van der Waals surface area contributed by atoms with Crippen LogP contribution in [0.25, 0.3) is 0 Å². The average molecular weight is 292 g/mol. The molecule has 1 heterocycles. The van der Waals surface area contributed by atoms with Crippen molar-refractivity contribution in [3.05, 3.63) is 11.9 Å². The highest BCUT2D eigenvalue weighted by atomic mass is 15.4. The normalized spacial score (nSPS) is 25.0. The van der Waals surface area contributed by atoms with Crippen molar-refractivity contribution < 1.29 is 0 Å². The van der Waals surface area contributed by atoms with Gasteiger partial charge in [0.2, 0.25) is 0 Å². The maximum atomic E-state index is 4.25. The molecular formula is C17H32N4. The molecule has 0 spiro atoms. The Labute approximate surface area is 129 Å². The van der Waals surface area contributed by atoms with E-state index in [1.165, 1.54) is 31.4 Å². The van der Waals surface area contributed by atoms with Gasteiger partial charge in [-0.25, -0.2) is 4.68 Å². The molecule has 0 aromatic carbocycles. The van der Waals surface area contributed by atoms with Crippen molar-refractivity contribution in [1.82, 2.24) is 20.3 Å². The van der Waals surface area contributed by atoms with Gasteiger partial charge in [0, 0.05) is 6.54 Å². The largest absolute Gasteiger partial charge is 0.311 e. The summed E-state index contributed by atoms with van der Waals surface area (Å²) in [7, 11) is 2.07. The summed E-state index contributed by atoms with van der Waals surface area (Å²) in [6.07, 6.45) is 8.37. The first-order chi connectivity index (χ1) is 9.97. The zero-order valence-electron chi connectivity index (χ0n) is 14.4. The van der Waals surface area contributed by atoms with E-state index < -0.39 is 0 Å². The molecule has 1 saturated carbocycles. The van der Waals surface area contributed by atoms with Gasteiger partial charge in [0.05, 0.1) is 17.9 Å². The highest BCUT2D eigenvalue weighted by Crippen LogP contribution is 2.43. The van der Waals surface area contributed by atoms with Gasteiger partial charge < -0.3 is 5.32 Å². The second-order valence-electron chi connectivity index (χ2n) is 7.63. The molecule has 1 aromatic heterocycles. The maximum absolute atomic E-state index is 4.25. The van der Waals surface area contributed by atoms with E-state index in [-0.39, 0.29) is 0 Å². The monoisotopic (exact) mass is 292 g/mol. The highest BCUT2D eigenvalue weighted by molar-refractivity contribution is 5.05. The van der Waals surface area contributed by atoms with Gasteiger partial charge in [-0.05, 0) is 56.4 Å². The minimum Gasteiger partial charge on any atom is -0.311 e. The Bertz CT molecular complexity index is 424. The van der Waals surface area contributed by atoms with Crippen LogP contribution in [0.1, 0.15) is 71.5 Å². The molecule has 1 atom stereocenters. The zero-order valence-corrected chi connectivity index (χ0v) is 14.4. The number of nitrogens with one attached hydrogen (secondary N) is 1. The van der Waals surface area contributed by atoms with Crippen molar-refractivity contribution in [3.63, 3.8) is 0 Å². The van der Waals surface area contributed by atoms with Crippen molar-refractivity contribution in [2.75, 3.05) is 7.05 Å². The van der Waals surface area contributed by atoms with Crippen molar-refractivity contribution in [2.45, 2.75) is 72.4 Å². The quantitative estimate of drug-likeness (QED) is 0.897. The molecular weight excluding hydrogens is 260 g/mol. The number of hydrogen-bond donors (Lipinski definition) is 1. The Morgan fingerprint density at radius 3 is 2.48 bits per heavy atom. The minimum atomic E-state index is 0.396. The molecule has 0 saturated heterocycles. The van der Waals surface area contributed by atoms with E-state index in [0.717, 1.165) is 18.9 Å². The summed E-state index contributed by atoms with van der Waals surface area (Å²) in [5.74, 6) is 1.58. The molecule has 1 N–H and O–H groups in total. The lowest BCUT2D eigenvalue weighted by Gasteiger charge is -2.39. The fourth-order valence-electron chi connectivity index (χ4n) is 3.84. The molecule has 0 amide bonds. The predicted molar refractivity (Wildman–Crippen MR) is 87.0 cm³/mol.